The first kappa shape index (κ1) is 10.6. The van der Waals surface area contributed by atoms with Gasteiger partial charge in [0.15, 0.2) is 0 Å². The van der Waals surface area contributed by atoms with Crippen molar-refractivity contribution >= 4 is 0 Å². The minimum atomic E-state index is 0.695. The van der Waals surface area contributed by atoms with Gasteiger partial charge in [-0.25, -0.2) is 0 Å². The van der Waals surface area contributed by atoms with Crippen LogP contribution in [0, 0.1) is 6.92 Å². The molecule has 0 spiro atoms. The second kappa shape index (κ2) is 4.36. The molecule has 1 aliphatic carbocycles. The summed E-state index contributed by atoms with van der Waals surface area (Å²) in [4.78, 5) is 4.22. The van der Waals surface area contributed by atoms with Crippen molar-refractivity contribution in [2.75, 3.05) is 0 Å². The molecule has 0 saturated heterocycles. The molecule has 17 heavy (non-hydrogen) atoms. The van der Waals surface area contributed by atoms with Crippen molar-refractivity contribution in [1.29, 1.82) is 0 Å². The minimum Gasteiger partial charge on any atom is -0.342 e. The number of aromatic nitrogens is 2. The largest absolute Gasteiger partial charge is 0.342 e. The van der Waals surface area contributed by atoms with E-state index in [9.17, 15) is 0 Å². The Kier molecular flexibility index (Phi) is 2.71. The second-order valence-corrected chi connectivity index (χ2v) is 4.91. The van der Waals surface area contributed by atoms with E-state index in [0.717, 1.165) is 0 Å². The molecular weight excluding hydrogens is 208 g/mol. The van der Waals surface area contributed by atoms with Crippen LogP contribution in [-0.4, -0.2) is 9.55 Å². The fourth-order valence-electron chi connectivity index (χ4n) is 2.95. The van der Waals surface area contributed by atoms with Gasteiger partial charge in [0.2, 0.25) is 0 Å². The topological polar surface area (TPSA) is 17.8 Å². The van der Waals surface area contributed by atoms with Gasteiger partial charge in [0.05, 0.1) is 5.69 Å². The van der Waals surface area contributed by atoms with Crippen molar-refractivity contribution in [3.63, 3.8) is 0 Å². The van der Waals surface area contributed by atoms with Gasteiger partial charge in [-0.1, -0.05) is 12.8 Å². The van der Waals surface area contributed by atoms with Crippen molar-refractivity contribution in [1.82, 2.24) is 9.55 Å². The van der Waals surface area contributed by atoms with Crippen LogP contribution in [0.3, 0.4) is 0 Å². The predicted molar refractivity (Wildman–Crippen MR) is 69.9 cm³/mol. The molecule has 1 fully saturated rings. The second-order valence-electron chi connectivity index (χ2n) is 4.91. The molecule has 0 amide bonds. The summed E-state index contributed by atoms with van der Waals surface area (Å²) in [5.74, 6) is 0. The number of pyridine rings is 1. The SMILES string of the molecule is Cc1ccc(-c2cccnc2)n1C1CCCC1. The third-order valence-electron chi connectivity index (χ3n) is 3.77. The van der Waals surface area contributed by atoms with E-state index < -0.39 is 0 Å². The highest BCUT2D eigenvalue weighted by Crippen LogP contribution is 2.35. The molecule has 2 heterocycles. The normalized spacial score (nSPS) is 16.5. The summed E-state index contributed by atoms with van der Waals surface area (Å²) in [6.45, 7) is 2.21. The lowest BCUT2D eigenvalue weighted by molar-refractivity contribution is 0.515. The van der Waals surface area contributed by atoms with Crippen molar-refractivity contribution < 1.29 is 0 Å². The fourth-order valence-corrected chi connectivity index (χ4v) is 2.95. The highest BCUT2D eigenvalue weighted by atomic mass is 15.0. The van der Waals surface area contributed by atoms with Gasteiger partial charge in [-0.3, -0.25) is 4.98 Å². The Morgan fingerprint density at radius 3 is 2.71 bits per heavy atom. The number of rotatable bonds is 2. The van der Waals surface area contributed by atoms with E-state index in [1.807, 2.05) is 18.5 Å². The Balaban J connectivity index is 2.06. The average Bonchev–Trinajstić information content (AvgIpc) is 2.99. The summed E-state index contributed by atoms with van der Waals surface area (Å²) in [6, 6.07) is 9.30. The first-order valence-electron chi connectivity index (χ1n) is 6.44. The van der Waals surface area contributed by atoms with Crippen molar-refractivity contribution in [3.8, 4) is 11.3 Å². The Bertz CT molecular complexity index is 493. The lowest BCUT2D eigenvalue weighted by atomic mass is 10.2. The third kappa shape index (κ3) is 1.88. The third-order valence-corrected chi connectivity index (χ3v) is 3.77. The zero-order valence-corrected chi connectivity index (χ0v) is 10.3. The summed E-state index contributed by atoms with van der Waals surface area (Å²) < 4.78 is 2.50. The van der Waals surface area contributed by atoms with E-state index in [1.165, 1.54) is 42.6 Å². The van der Waals surface area contributed by atoms with E-state index in [4.69, 9.17) is 0 Å². The number of hydrogen-bond donors (Lipinski definition) is 0. The maximum atomic E-state index is 4.22. The van der Waals surface area contributed by atoms with Crippen LogP contribution < -0.4 is 0 Å². The van der Waals surface area contributed by atoms with Crippen LogP contribution in [0.4, 0.5) is 0 Å². The molecule has 0 N–H and O–H groups in total. The first-order valence-corrected chi connectivity index (χ1v) is 6.44. The Morgan fingerprint density at radius 1 is 1.18 bits per heavy atom. The van der Waals surface area contributed by atoms with Crippen LogP contribution in [0.2, 0.25) is 0 Å². The Labute approximate surface area is 102 Å². The summed E-state index contributed by atoms with van der Waals surface area (Å²) in [5.41, 5.74) is 3.92. The number of nitrogens with zero attached hydrogens (tertiary/aromatic N) is 2. The Hall–Kier alpha value is -1.57. The highest BCUT2D eigenvalue weighted by molar-refractivity contribution is 5.59. The lowest BCUT2D eigenvalue weighted by Gasteiger charge is -2.18. The number of aryl methyl sites for hydroxylation is 1. The minimum absolute atomic E-state index is 0.695. The number of hydrogen-bond acceptors (Lipinski definition) is 1. The first-order chi connectivity index (χ1) is 8.36. The van der Waals surface area contributed by atoms with E-state index >= 15 is 0 Å². The average molecular weight is 226 g/mol. The molecule has 2 nitrogen and oxygen atoms in total. The summed E-state index contributed by atoms with van der Waals surface area (Å²) >= 11 is 0. The van der Waals surface area contributed by atoms with Crippen molar-refractivity contribution in [2.24, 2.45) is 0 Å². The highest BCUT2D eigenvalue weighted by Gasteiger charge is 2.20. The molecule has 2 heteroatoms. The van der Waals surface area contributed by atoms with Crippen LogP contribution in [0.15, 0.2) is 36.7 Å². The molecule has 0 radical (unpaired) electrons. The molecule has 0 bridgehead atoms. The van der Waals surface area contributed by atoms with Crippen molar-refractivity contribution in [3.05, 3.63) is 42.4 Å². The molecule has 2 aromatic rings. The van der Waals surface area contributed by atoms with E-state index in [1.54, 1.807) is 0 Å². The predicted octanol–water partition coefficient (Wildman–Crippen LogP) is 3.97. The van der Waals surface area contributed by atoms with Crippen LogP contribution in [0.1, 0.15) is 37.4 Å². The Morgan fingerprint density at radius 2 is 2.00 bits per heavy atom. The maximum Gasteiger partial charge on any atom is 0.0500 e. The van der Waals surface area contributed by atoms with Gasteiger partial charge in [0, 0.05) is 29.7 Å². The molecule has 88 valence electrons. The summed E-state index contributed by atoms with van der Waals surface area (Å²) in [7, 11) is 0. The smallest absolute Gasteiger partial charge is 0.0500 e. The standard InChI is InChI=1S/C15H18N2/c1-12-8-9-15(13-5-4-10-16-11-13)17(12)14-6-2-3-7-14/h4-5,8-11,14H,2-3,6-7H2,1H3. The van der Waals surface area contributed by atoms with Crippen LogP contribution in [-0.2, 0) is 0 Å². The van der Waals surface area contributed by atoms with Gasteiger partial charge in [-0.15, -0.1) is 0 Å². The molecule has 0 atom stereocenters. The lowest BCUT2D eigenvalue weighted by Crippen LogP contribution is -2.07. The molecule has 2 aromatic heterocycles. The molecule has 1 aliphatic rings. The summed E-state index contributed by atoms with van der Waals surface area (Å²) in [6.07, 6.45) is 9.18. The molecule has 0 aliphatic heterocycles. The molecule has 0 aromatic carbocycles. The zero-order valence-electron chi connectivity index (χ0n) is 10.3. The van der Waals surface area contributed by atoms with Gasteiger partial charge >= 0.3 is 0 Å². The summed E-state index contributed by atoms with van der Waals surface area (Å²) in [5, 5.41) is 0. The van der Waals surface area contributed by atoms with Crippen LogP contribution in [0.25, 0.3) is 11.3 Å². The zero-order chi connectivity index (χ0) is 11.7. The fraction of sp³-hybridized carbons (Fsp3) is 0.400. The maximum absolute atomic E-state index is 4.22. The monoisotopic (exact) mass is 226 g/mol. The van der Waals surface area contributed by atoms with Gasteiger partial charge in [0.1, 0.15) is 0 Å². The van der Waals surface area contributed by atoms with Gasteiger partial charge in [-0.2, -0.15) is 0 Å². The van der Waals surface area contributed by atoms with Crippen LogP contribution >= 0.6 is 0 Å². The van der Waals surface area contributed by atoms with Gasteiger partial charge in [0.25, 0.3) is 0 Å². The molecule has 0 unspecified atom stereocenters. The van der Waals surface area contributed by atoms with E-state index in [0.29, 0.717) is 6.04 Å². The molecule has 3 rings (SSSR count). The molecule has 1 saturated carbocycles. The molecular formula is C15H18N2. The van der Waals surface area contributed by atoms with E-state index in [2.05, 4.69) is 34.7 Å². The van der Waals surface area contributed by atoms with Crippen LogP contribution in [0.5, 0.6) is 0 Å². The van der Waals surface area contributed by atoms with E-state index in [-0.39, 0.29) is 0 Å². The van der Waals surface area contributed by atoms with Crippen molar-refractivity contribution in [2.45, 2.75) is 38.6 Å². The van der Waals surface area contributed by atoms with Gasteiger partial charge in [-0.05, 0) is 44.0 Å². The van der Waals surface area contributed by atoms with Gasteiger partial charge < -0.3 is 4.57 Å². The quantitative estimate of drug-likeness (QED) is 0.757.